The van der Waals surface area contributed by atoms with Crippen LogP contribution < -0.4 is 0 Å². The van der Waals surface area contributed by atoms with Crippen LogP contribution in [-0.4, -0.2) is 24.5 Å². The first-order valence-electron chi connectivity index (χ1n) is 9.06. The van der Waals surface area contributed by atoms with Gasteiger partial charge < -0.3 is 4.90 Å². The van der Waals surface area contributed by atoms with Gasteiger partial charge in [0.15, 0.2) is 0 Å². The molecular weight excluding hydrogens is 268 g/mol. The average molecular weight is 296 g/mol. The van der Waals surface area contributed by atoms with Crippen LogP contribution >= 0.6 is 0 Å². The zero-order valence-corrected chi connectivity index (χ0v) is 13.7. The Labute approximate surface area is 135 Å². The van der Waals surface area contributed by atoms with E-state index in [1.807, 2.05) is 0 Å². The minimum atomic E-state index is 0.672. The van der Waals surface area contributed by atoms with Crippen molar-refractivity contribution in [2.75, 3.05) is 19.6 Å². The topological polar surface area (TPSA) is 27.0 Å². The van der Waals surface area contributed by atoms with E-state index in [-0.39, 0.29) is 0 Å². The molecule has 1 saturated heterocycles. The van der Waals surface area contributed by atoms with E-state index < -0.39 is 0 Å². The fraction of sp³-hybridized carbons (Fsp3) is 0.650. The highest BCUT2D eigenvalue weighted by Gasteiger charge is 2.23. The van der Waals surface area contributed by atoms with Crippen LogP contribution in [0.4, 0.5) is 0 Å². The molecule has 2 aliphatic carbocycles. The molecule has 3 aliphatic rings. The lowest BCUT2D eigenvalue weighted by atomic mass is 9.81. The Hall–Kier alpha value is -1.33. The molecule has 0 unspecified atom stereocenters. The Kier molecular flexibility index (Phi) is 5.51. The van der Waals surface area contributed by atoms with Crippen LogP contribution in [-0.2, 0) is 0 Å². The molecule has 0 spiro atoms. The summed E-state index contributed by atoms with van der Waals surface area (Å²) in [5.41, 5.74) is 4.88. The second-order valence-electron chi connectivity index (χ2n) is 6.91. The van der Waals surface area contributed by atoms with E-state index in [2.05, 4.69) is 29.2 Å². The van der Waals surface area contributed by atoms with Crippen molar-refractivity contribution in [2.45, 2.75) is 57.8 Å². The zero-order valence-electron chi connectivity index (χ0n) is 13.7. The Morgan fingerprint density at radius 1 is 1.05 bits per heavy atom. The van der Waals surface area contributed by atoms with Crippen LogP contribution in [0.25, 0.3) is 0 Å². The fourth-order valence-corrected chi connectivity index (χ4v) is 4.09. The van der Waals surface area contributed by atoms with Crippen molar-refractivity contribution in [2.24, 2.45) is 5.92 Å². The Balaban J connectivity index is 1.59. The summed E-state index contributed by atoms with van der Waals surface area (Å²) in [6.07, 6.45) is 18.5. The number of nitriles is 1. The summed E-state index contributed by atoms with van der Waals surface area (Å²) in [4.78, 5) is 2.46. The molecule has 0 aromatic heterocycles. The van der Waals surface area contributed by atoms with Crippen molar-refractivity contribution >= 4 is 0 Å². The molecule has 0 bridgehead atoms. The smallest absolute Gasteiger partial charge is 0.0635 e. The largest absolute Gasteiger partial charge is 0.302 e. The molecule has 3 rings (SSSR count). The monoisotopic (exact) mass is 296 g/mol. The first kappa shape index (κ1) is 15.6. The highest BCUT2D eigenvalue weighted by molar-refractivity contribution is 5.41. The van der Waals surface area contributed by atoms with Crippen LogP contribution in [0.3, 0.4) is 0 Å². The molecule has 1 heterocycles. The number of nitrogens with zero attached hydrogens (tertiary/aromatic N) is 2. The third-order valence-electron chi connectivity index (χ3n) is 5.44. The Morgan fingerprint density at radius 3 is 2.64 bits per heavy atom. The second-order valence-corrected chi connectivity index (χ2v) is 6.91. The first-order chi connectivity index (χ1) is 10.9. The van der Waals surface area contributed by atoms with Crippen molar-refractivity contribution in [3.63, 3.8) is 0 Å². The summed E-state index contributed by atoms with van der Waals surface area (Å²) in [7, 11) is 0. The third-order valence-corrected chi connectivity index (χ3v) is 5.44. The van der Waals surface area contributed by atoms with Crippen molar-refractivity contribution in [1.29, 1.82) is 5.26 Å². The fourth-order valence-electron chi connectivity index (χ4n) is 4.09. The number of likely N-dealkylation sites (tertiary alicyclic amines) is 1. The Bertz CT molecular complexity index is 510. The van der Waals surface area contributed by atoms with Gasteiger partial charge in [-0.2, -0.15) is 5.26 Å². The van der Waals surface area contributed by atoms with Crippen LogP contribution in [0.1, 0.15) is 57.8 Å². The molecule has 0 amide bonds. The van der Waals surface area contributed by atoms with Gasteiger partial charge in [0.2, 0.25) is 0 Å². The van der Waals surface area contributed by atoms with E-state index in [4.69, 9.17) is 5.26 Å². The van der Waals surface area contributed by atoms with Gasteiger partial charge >= 0.3 is 0 Å². The van der Waals surface area contributed by atoms with Crippen LogP contribution in [0.2, 0.25) is 0 Å². The minimum absolute atomic E-state index is 0.672. The van der Waals surface area contributed by atoms with Gasteiger partial charge in [-0.1, -0.05) is 18.2 Å². The molecule has 118 valence electrons. The molecule has 1 fully saturated rings. The quantitative estimate of drug-likeness (QED) is 0.748. The third kappa shape index (κ3) is 3.90. The molecule has 2 nitrogen and oxygen atoms in total. The molecule has 22 heavy (non-hydrogen) atoms. The average Bonchev–Trinajstić information content (AvgIpc) is 2.61. The summed E-state index contributed by atoms with van der Waals surface area (Å²) in [6, 6.07) is 2.26. The molecular formula is C20H28N2. The molecule has 0 N–H and O–H groups in total. The lowest BCUT2D eigenvalue weighted by Crippen LogP contribution is -2.34. The standard InChI is InChI=1S/C20H28N2/c21-12-5-13-22-14-10-18(11-15-22)20-9-4-8-19(16-20)17-6-2-1-3-7-17/h6,9,16,18H,1-5,7-8,10-11,13-15H2. The highest BCUT2D eigenvalue weighted by atomic mass is 15.1. The SMILES string of the molecule is N#CCCN1CCC(C2=CCCC(C3=CCCCC3)=C2)CC1. The zero-order chi connectivity index (χ0) is 15.2. The van der Waals surface area contributed by atoms with E-state index in [1.54, 1.807) is 16.7 Å². The summed E-state index contributed by atoms with van der Waals surface area (Å²) < 4.78 is 0. The molecule has 0 aromatic carbocycles. The first-order valence-corrected chi connectivity index (χ1v) is 9.06. The van der Waals surface area contributed by atoms with Crippen LogP contribution in [0.5, 0.6) is 0 Å². The van der Waals surface area contributed by atoms with Gasteiger partial charge in [0, 0.05) is 13.0 Å². The van der Waals surface area contributed by atoms with E-state index in [1.165, 1.54) is 51.4 Å². The lowest BCUT2D eigenvalue weighted by molar-refractivity contribution is 0.203. The van der Waals surface area contributed by atoms with Crippen molar-refractivity contribution in [3.8, 4) is 6.07 Å². The maximum absolute atomic E-state index is 8.71. The van der Waals surface area contributed by atoms with Gasteiger partial charge in [-0.05, 0) is 87.1 Å². The van der Waals surface area contributed by atoms with Gasteiger partial charge in [-0.3, -0.25) is 0 Å². The van der Waals surface area contributed by atoms with Gasteiger partial charge in [0.05, 0.1) is 6.07 Å². The van der Waals surface area contributed by atoms with Gasteiger partial charge in [-0.25, -0.2) is 0 Å². The molecule has 0 saturated carbocycles. The summed E-state index contributed by atoms with van der Waals surface area (Å²) in [5, 5.41) is 8.71. The number of hydrogen-bond donors (Lipinski definition) is 0. The molecule has 2 heteroatoms. The number of rotatable bonds is 4. The number of hydrogen-bond acceptors (Lipinski definition) is 2. The minimum Gasteiger partial charge on any atom is -0.302 e. The van der Waals surface area contributed by atoms with Gasteiger partial charge in [0.25, 0.3) is 0 Å². The van der Waals surface area contributed by atoms with E-state index in [9.17, 15) is 0 Å². The predicted molar refractivity (Wildman–Crippen MR) is 91.3 cm³/mol. The second kappa shape index (κ2) is 7.79. The van der Waals surface area contributed by atoms with Crippen molar-refractivity contribution in [3.05, 3.63) is 34.9 Å². The maximum Gasteiger partial charge on any atom is 0.0635 e. The Morgan fingerprint density at radius 2 is 1.91 bits per heavy atom. The summed E-state index contributed by atoms with van der Waals surface area (Å²) in [6.45, 7) is 3.28. The normalized spacial score (nSPS) is 24.2. The summed E-state index contributed by atoms with van der Waals surface area (Å²) in [5.74, 6) is 0.748. The summed E-state index contributed by atoms with van der Waals surface area (Å²) >= 11 is 0. The van der Waals surface area contributed by atoms with E-state index >= 15 is 0 Å². The van der Waals surface area contributed by atoms with E-state index in [0.29, 0.717) is 6.42 Å². The molecule has 0 atom stereocenters. The lowest BCUT2D eigenvalue weighted by Gasteiger charge is -2.33. The molecule has 1 aliphatic heterocycles. The van der Waals surface area contributed by atoms with Crippen molar-refractivity contribution < 1.29 is 0 Å². The maximum atomic E-state index is 8.71. The highest BCUT2D eigenvalue weighted by Crippen LogP contribution is 2.35. The molecule has 0 aromatic rings. The van der Waals surface area contributed by atoms with Gasteiger partial charge in [0.1, 0.15) is 0 Å². The van der Waals surface area contributed by atoms with Crippen LogP contribution in [0.15, 0.2) is 34.9 Å². The number of piperidine rings is 1. The molecule has 0 radical (unpaired) electrons. The number of allylic oxidation sites excluding steroid dienone is 6. The van der Waals surface area contributed by atoms with E-state index in [0.717, 1.165) is 25.6 Å². The van der Waals surface area contributed by atoms with Crippen LogP contribution in [0, 0.1) is 17.2 Å². The van der Waals surface area contributed by atoms with Gasteiger partial charge in [-0.15, -0.1) is 0 Å². The predicted octanol–water partition coefficient (Wildman–Crippen LogP) is 4.76. The van der Waals surface area contributed by atoms with Crippen molar-refractivity contribution in [1.82, 2.24) is 4.90 Å².